The number of hydrogen-bond donors (Lipinski definition) is 2. The number of nitrogens with zero attached hydrogens (tertiary/aromatic N) is 1. The number of hydrogen-bond acceptors (Lipinski definition) is 4. The van der Waals surface area contributed by atoms with E-state index < -0.39 is 17.6 Å². The molecular formula is C26H28N2O5. The van der Waals surface area contributed by atoms with E-state index >= 15 is 0 Å². The van der Waals surface area contributed by atoms with Crippen molar-refractivity contribution in [3.8, 4) is 11.1 Å². The summed E-state index contributed by atoms with van der Waals surface area (Å²) in [6.45, 7) is 3.94. The lowest BCUT2D eigenvalue weighted by Crippen LogP contribution is -2.51. The van der Waals surface area contributed by atoms with Crippen LogP contribution in [-0.4, -0.2) is 53.2 Å². The number of fused-ring (bicyclic) bond motifs is 3. The van der Waals surface area contributed by atoms with E-state index in [0.717, 1.165) is 22.3 Å². The monoisotopic (exact) mass is 448 g/mol. The zero-order chi connectivity index (χ0) is 23.6. The molecule has 33 heavy (non-hydrogen) atoms. The lowest BCUT2D eigenvalue weighted by Gasteiger charge is -2.31. The number of carbonyl (C=O) groups excluding carboxylic acids is 2. The van der Waals surface area contributed by atoms with Crippen LogP contribution in [0.25, 0.3) is 11.1 Å². The van der Waals surface area contributed by atoms with Gasteiger partial charge in [0.15, 0.2) is 0 Å². The summed E-state index contributed by atoms with van der Waals surface area (Å²) in [5.41, 5.74) is 3.80. The molecule has 0 aromatic heterocycles. The molecule has 1 fully saturated rings. The van der Waals surface area contributed by atoms with Crippen LogP contribution in [0.5, 0.6) is 0 Å². The fourth-order valence-corrected chi connectivity index (χ4v) is 4.75. The lowest BCUT2D eigenvalue weighted by atomic mass is 9.98. The molecule has 0 saturated carbocycles. The Morgan fingerprint density at radius 3 is 2.33 bits per heavy atom. The first-order valence-corrected chi connectivity index (χ1v) is 11.1. The number of rotatable bonds is 6. The molecule has 1 saturated heterocycles. The van der Waals surface area contributed by atoms with E-state index in [1.54, 1.807) is 19.9 Å². The number of aliphatic carboxylic acids is 1. The van der Waals surface area contributed by atoms with Crippen molar-refractivity contribution in [2.75, 3.05) is 19.7 Å². The van der Waals surface area contributed by atoms with E-state index in [4.69, 9.17) is 4.74 Å². The molecule has 2 aromatic carbocycles. The molecule has 2 aromatic rings. The summed E-state index contributed by atoms with van der Waals surface area (Å²) in [5, 5.41) is 12.2. The highest BCUT2D eigenvalue weighted by Crippen LogP contribution is 2.44. The summed E-state index contributed by atoms with van der Waals surface area (Å²) in [6.07, 6.45) is 2.11. The van der Waals surface area contributed by atoms with Crippen LogP contribution in [0, 0.1) is 0 Å². The third kappa shape index (κ3) is 4.23. The van der Waals surface area contributed by atoms with Gasteiger partial charge < -0.3 is 20.1 Å². The van der Waals surface area contributed by atoms with Gasteiger partial charge in [-0.3, -0.25) is 4.79 Å². The number of carboxylic acid groups (broad SMARTS) is 1. The van der Waals surface area contributed by atoms with Crippen molar-refractivity contribution in [3.05, 3.63) is 71.3 Å². The van der Waals surface area contributed by atoms with Crippen molar-refractivity contribution in [2.45, 2.75) is 38.1 Å². The maximum Gasteiger partial charge on any atom is 0.407 e. The van der Waals surface area contributed by atoms with Crippen molar-refractivity contribution in [2.24, 2.45) is 0 Å². The first kappa shape index (κ1) is 22.6. The molecule has 7 heteroatoms. The van der Waals surface area contributed by atoms with Crippen LogP contribution < -0.4 is 5.32 Å². The highest BCUT2D eigenvalue weighted by Gasteiger charge is 2.46. The van der Waals surface area contributed by atoms with Crippen LogP contribution in [0.15, 0.2) is 60.2 Å². The van der Waals surface area contributed by atoms with Crippen molar-refractivity contribution in [1.29, 1.82) is 0 Å². The van der Waals surface area contributed by atoms with Crippen molar-refractivity contribution < 1.29 is 24.2 Å². The Balaban J connectivity index is 1.33. The van der Waals surface area contributed by atoms with E-state index in [1.807, 2.05) is 24.3 Å². The Bertz CT molecular complexity index is 1080. The first-order chi connectivity index (χ1) is 15.8. The standard InChI is InChI=1S/C26H28N2O5/c1-17(23(29)28-15-7-13-26(28,2)24(30)31)12-14-27-25(32)33-16-22-20-10-5-3-8-18(20)19-9-4-6-11-21(19)22/h3-6,8-12,22H,7,13-16H2,1-2H3,(H,27,32)(H,30,31)/b17-12+/t26-/m0/s1. The normalized spacial score (nSPS) is 19.7. The molecule has 2 N–H and O–H groups in total. The Kier molecular flexibility index (Phi) is 6.22. The highest BCUT2D eigenvalue weighted by molar-refractivity contribution is 5.97. The summed E-state index contributed by atoms with van der Waals surface area (Å²) in [6, 6.07) is 16.2. The number of likely N-dealkylation sites (tertiary alicyclic amines) is 1. The van der Waals surface area contributed by atoms with Gasteiger partial charge >= 0.3 is 12.1 Å². The number of carbonyl (C=O) groups is 3. The van der Waals surface area contributed by atoms with Gasteiger partial charge in [-0.15, -0.1) is 0 Å². The third-order valence-corrected chi connectivity index (χ3v) is 6.68. The van der Waals surface area contributed by atoms with E-state index in [9.17, 15) is 19.5 Å². The van der Waals surface area contributed by atoms with Gasteiger partial charge in [0.05, 0.1) is 0 Å². The minimum atomic E-state index is -1.19. The summed E-state index contributed by atoms with van der Waals surface area (Å²) in [7, 11) is 0. The SMILES string of the molecule is C/C(=C\CNC(=O)OCC1c2ccccc2-c2ccccc21)C(=O)N1CCC[C@@]1(C)C(=O)O. The van der Waals surface area contributed by atoms with E-state index in [-0.39, 0.29) is 25.0 Å². The molecule has 172 valence electrons. The molecule has 1 heterocycles. The molecule has 0 radical (unpaired) electrons. The second kappa shape index (κ2) is 9.10. The summed E-state index contributed by atoms with van der Waals surface area (Å²) >= 11 is 0. The highest BCUT2D eigenvalue weighted by atomic mass is 16.5. The van der Waals surface area contributed by atoms with Crippen molar-refractivity contribution in [1.82, 2.24) is 10.2 Å². The van der Waals surface area contributed by atoms with Gasteiger partial charge in [-0.1, -0.05) is 54.6 Å². The van der Waals surface area contributed by atoms with Crippen molar-refractivity contribution >= 4 is 18.0 Å². The molecule has 0 unspecified atom stereocenters. The first-order valence-electron chi connectivity index (χ1n) is 11.1. The predicted octanol–water partition coefficient (Wildman–Crippen LogP) is 3.94. The second-order valence-corrected chi connectivity index (χ2v) is 8.73. The molecule has 1 aliphatic heterocycles. The van der Waals surface area contributed by atoms with Crippen LogP contribution in [0.1, 0.15) is 43.7 Å². The molecule has 1 atom stereocenters. The summed E-state index contributed by atoms with van der Waals surface area (Å²) in [4.78, 5) is 38.0. The van der Waals surface area contributed by atoms with Crippen LogP contribution in [0.4, 0.5) is 4.79 Å². The number of nitrogens with one attached hydrogen (secondary N) is 1. The Morgan fingerprint density at radius 1 is 1.12 bits per heavy atom. The second-order valence-electron chi connectivity index (χ2n) is 8.73. The van der Waals surface area contributed by atoms with E-state index in [2.05, 4.69) is 29.6 Å². The third-order valence-electron chi connectivity index (χ3n) is 6.68. The molecular weight excluding hydrogens is 420 g/mol. The van der Waals surface area contributed by atoms with Crippen LogP contribution in [0.3, 0.4) is 0 Å². The molecule has 0 bridgehead atoms. The number of ether oxygens (including phenoxy) is 1. The maximum atomic E-state index is 12.7. The minimum Gasteiger partial charge on any atom is -0.480 e. The van der Waals surface area contributed by atoms with Crippen LogP contribution >= 0.6 is 0 Å². The Morgan fingerprint density at radius 2 is 1.73 bits per heavy atom. The molecule has 2 amide bonds. The van der Waals surface area contributed by atoms with Crippen molar-refractivity contribution in [3.63, 3.8) is 0 Å². The summed E-state index contributed by atoms with van der Waals surface area (Å²) < 4.78 is 5.49. The van der Waals surface area contributed by atoms with E-state index in [0.29, 0.717) is 25.0 Å². The van der Waals surface area contributed by atoms with Gasteiger partial charge in [-0.05, 0) is 48.9 Å². The zero-order valence-electron chi connectivity index (χ0n) is 18.8. The fraction of sp³-hybridized carbons (Fsp3) is 0.346. The fourth-order valence-electron chi connectivity index (χ4n) is 4.75. The summed E-state index contributed by atoms with van der Waals surface area (Å²) in [5.74, 6) is -1.35. The Labute approximate surface area is 193 Å². The number of alkyl carbamates (subject to hydrolysis) is 1. The smallest absolute Gasteiger partial charge is 0.407 e. The predicted molar refractivity (Wildman–Crippen MR) is 124 cm³/mol. The van der Waals surface area contributed by atoms with Crippen LogP contribution in [-0.2, 0) is 14.3 Å². The molecule has 0 spiro atoms. The van der Waals surface area contributed by atoms with Gasteiger partial charge in [-0.25, -0.2) is 9.59 Å². The average Bonchev–Trinajstić information content (AvgIpc) is 3.36. The molecule has 2 aliphatic rings. The molecule has 4 rings (SSSR count). The lowest BCUT2D eigenvalue weighted by molar-refractivity contribution is -0.153. The van der Waals surface area contributed by atoms with Gasteiger partial charge in [0.1, 0.15) is 12.1 Å². The maximum absolute atomic E-state index is 12.7. The van der Waals surface area contributed by atoms with Gasteiger partial charge in [0.2, 0.25) is 5.91 Å². The minimum absolute atomic E-state index is 0.0223. The van der Waals surface area contributed by atoms with Gasteiger partial charge in [-0.2, -0.15) is 0 Å². The largest absolute Gasteiger partial charge is 0.480 e. The van der Waals surface area contributed by atoms with Gasteiger partial charge in [0.25, 0.3) is 0 Å². The topological polar surface area (TPSA) is 95.9 Å². The quantitative estimate of drug-likeness (QED) is 0.653. The van der Waals surface area contributed by atoms with Gasteiger partial charge in [0, 0.05) is 24.6 Å². The number of carboxylic acids is 1. The zero-order valence-corrected chi connectivity index (χ0v) is 18.8. The molecule has 7 nitrogen and oxygen atoms in total. The van der Waals surface area contributed by atoms with Crippen LogP contribution in [0.2, 0.25) is 0 Å². The average molecular weight is 449 g/mol. The van der Waals surface area contributed by atoms with E-state index in [1.165, 1.54) is 4.90 Å². The molecule has 1 aliphatic carbocycles. The number of amides is 2. The Hall–Kier alpha value is -3.61. The number of benzene rings is 2.